The minimum absolute atomic E-state index is 0.254. The van der Waals surface area contributed by atoms with Crippen LogP contribution in [0.4, 0.5) is 13.6 Å². The predicted molar refractivity (Wildman–Crippen MR) is 38.9 cm³/mol. The van der Waals surface area contributed by atoms with Gasteiger partial charge in [-0.2, -0.15) is 8.78 Å². The van der Waals surface area contributed by atoms with E-state index in [0.29, 0.717) is 13.0 Å². The Hall–Kier alpha value is -1.40. The predicted octanol–water partition coefficient (Wildman–Crippen LogP) is -0.302. The molecule has 13 heavy (non-hydrogen) atoms. The van der Waals surface area contributed by atoms with E-state index in [4.69, 9.17) is 0 Å². The van der Waals surface area contributed by atoms with Gasteiger partial charge in [0.05, 0.1) is 0 Å². The molecule has 0 spiro atoms. The van der Waals surface area contributed by atoms with Gasteiger partial charge in [0.15, 0.2) is 0 Å². The highest BCUT2D eigenvalue weighted by Crippen LogP contribution is 1.97. The van der Waals surface area contributed by atoms with E-state index in [1.807, 2.05) is 0 Å². The van der Waals surface area contributed by atoms with Crippen LogP contribution in [-0.4, -0.2) is 36.5 Å². The first-order valence-corrected chi connectivity index (χ1v) is 3.75. The zero-order valence-corrected chi connectivity index (χ0v) is 6.72. The quantitative estimate of drug-likeness (QED) is 0.632. The first-order valence-electron chi connectivity index (χ1n) is 3.75. The first kappa shape index (κ1) is 9.69. The number of hydrogen-bond donors (Lipinski definition) is 2. The van der Waals surface area contributed by atoms with Crippen LogP contribution in [0.2, 0.25) is 0 Å². The molecule has 3 amide bonds. The fourth-order valence-electron chi connectivity index (χ4n) is 0.918. The number of rotatable bonds is 2. The minimum atomic E-state index is -3.10. The van der Waals surface area contributed by atoms with Gasteiger partial charge >= 0.3 is 18.4 Å². The van der Waals surface area contributed by atoms with E-state index in [-0.39, 0.29) is 6.54 Å². The lowest BCUT2D eigenvalue weighted by atomic mass is 10.3. The third-order valence-electron chi connectivity index (χ3n) is 1.52. The Morgan fingerprint density at radius 1 is 1.62 bits per heavy atom. The molecule has 0 aliphatic carbocycles. The summed E-state index contributed by atoms with van der Waals surface area (Å²) < 4.78 is 23.5. The summed E-state index contributed by atoms with van der Waals surface area (Å²) in [6.45, 7) is 0.754. The van der Waals surface area contributed by atoms with Gasteiger partial charge in [-0.1, -0.05) is 0 Å². The lowest BCUT2D eigenvalue weighted by molar-refractivity contribution is -0.135. The Labute approximate surface area is 73.0 Å². The van der Waals surface area contributed by atoms with Crippen LogP contribution in [0.15, 0.2) is 0 Å². The molecule has 0 aromatic carbocycles. The van der Waals surface area contributed by atoms with Gasteiger partial charge in [0.25, 0.3) is 0 Å². The number of amides is 3. The van der Waals surface area contributed by atoms with Gasteiger partial charge in [0.2, 0.25) is 0 Å². The van der Waals surface area contributed by atoms with Gasteiger partial charge in [-0.05, 0) is 6.42 Å². The third kappa shape index (κ3) is 2.53. The summed E-state index contributed by atoms with van der Waals surface area (Å²) in [5.41, 5.74) is 1.80. The molecule has 1 heterocycles. The molecule has 0 aromatic heterocycles. The number of nitrogens with one attached hydrogen (secondary N) is 2. The lowest BCUT2D eigenvalue weighted by Crippen LogP contribution is -2.55. The molecule has 1 saturated heterocycles. The number of urea groups is 1. The van der Waals surface area contributed by atoms with Crippen LogP contribution < -0.4 is 10.7 Å². The van der Waals surface area contributed by atoms with E-state index in [1.165, 1.54) is 0 Å². The highest BCUT2D eigenvalue weighted by Gasteiger charge is 2.23. The topological polar surface area (TPSA) is 61.4 Å². The minimum Gasteiger partial charge on any atom is -0.336 e. The summed E-state index contributed by atoms with van der Waals surface area (Å²) in [7, 11) is 0. The normalized spacial score (nSPS) is 17.2. The van der Waals surface area contributed by atoms with Crippen LogP contribution in [0, 0.1) is 0 Å². The SMILES string of the molecule is O=C(NN1CCCNC1=O)C(F)F. The molecular weight excluding hydrogens is 184 g/mol. The van der Waals surface area contributed by atoms with Crippen molar-refractivity contribution < 1.29 is 18.4 Å². The van der Waals surface area contributed by atoms with Crippen LogP contribution in [0.25, 0.3) is 0 Å². The molecule has 1 aliphatic rings. The Morgan fingerprint density at radius 2 is 2.31 bits per heavy atom. The average molecular weight is 193 g/mol. The van der Waals surface area contributed by atoms with Gasteiger partial charge in [-0.25, -0.2) is 9.80 Å². The summed E-state index contributed by atoms with van der Waals surface area (Å²) in [5, 5.41) is 3.25. The van der Waals surface area contributed by atoms with Crippen LogP contribution in [-0.2, 0) is 4.79 Å². The summed E-state index contributed by atoms with van der Waals surface area (Å²) in [6.07, 6.45) is -2.48. The molecule has 2 N–H and O–H groups in total. The molecule has 1 aliphatic heterocycles. The standard InChI is InChI=1S/C6H9F2N3O2/c7-4(8)5(12)10-11-3-1-2-9-6(11)13/h4H,1-3H2,(H,9,13)(H,10,12). The number of carbonyl (C=O) groups excluding carboxylic acids is 2. The fraction of sp³-hybridized carbons (Fsp3) is 0.667. The number of hydrogen-bond acceptors (Lipinski definition) is 2. The second-order valence-electron chi connectivity index (χ2n) is 2.51. The second kappa shape index (κ2) is 4.01. The number of carbonyl (C=O) groups is 2. The van der Waals surface area contributed by atoms with Crippen molar-refractivity contribution >= 4 is 11.9 Å². The number of halogens is 2. The summed E-state index contributed by atoms with van der Waals surface area (Å²) in [5.74, 6) is -1.46. The zero-order chi connectivity index (χ0) is 9.84. The number of alkyl halides is 2. The van der Waals surface area contributed by atoms with E-state index < -0.39 is 18.4 Å². The van der Waals surface area contributed by atoms with Gasteiger partial charge in [0, 0.05) is 13.1 Å². The molecule has 5 nitrogen and oxygen atoms in total. The number of nitrogens with zero attached hydrogens (tertiary/aromatic N) is 1. The van der Waals surface area contributed by atoms with Crippen molar-refractivity contribution in [1.82, 2.24) is 15.8 Å². The Bertz CT molecular complexity index is 222. The van der Waals surface area contributed by atoms with Crippen molar-refractivity contribution in [3.63, 3.8) is 0 Å². The Morgan fingerprint density at radius 3 is 2.85 bits per heavy atom. The van der Waals surface area contributed by atoms with E-state index in [0.717, 1.165) is 5.01 Å². The molecule has 0 aromatic rings. The van der Waals surface area contributed by atoms with Crippen LogP contribution in [0.1, 0.15) is 6.42 Å². The first-order chi connectivity index (χ1) is 6.11. The molecule has 0 bridgehead atoms. The van der Waals surface area contributed by atoms with Crippen molar-refractivity contribution in [3.8, 4) is 0 Å². The van der Waals surface area contributed by atoms with Gasteiger partial charge in [-0.15, -0.1) is 0 Å². The summed E-state index contributed by atoms with van der Waals surface area (Å²) in [6, 6.07) is -0.555. The monoisotopic (exact) mass is 193 g/mol. The van der Waals surface area contributed by atoms with Gasteiger partial charge in [-0.3, -0.25) is 10.2 Å². The van der Waals surface area contributed by atoms with Crippen molar-refractivity contribution in [2.75, 3.05) is 13.1 Å². The summed E-state index contributed by atoms with van der Waals surface area (Å²) in [4.78, 5) is 21.4. The maximum Gasteiger partial charge on any atom is 0.336 e. The fourth-order valence-corrected chi connectivity index (χ4v) is 0.918. The molecular formula is C6H9F2N3O2. The van der Waals surface area contributed by atoms with Gasteiger partial charge < -0.3 is 5.32 Å². The highest BCUT2D eigenvalue weighted by molar-refractivity contribution is 5.83. The lowest BCUT2D eigenvalue weighted by Gasteiger charge is -2.27. The van der Waals surface area contributed by atoms with Crippen molar-refractivity contribution in [3.05, 3.63) is 0 Å². The summed E-state index contributed by atoms with van der Waals surface area (Å²) >= 11 is 0. The maximum absolute atomic E-state index is 11.7. The van der Waals surface area contributed by atoms with E-state index in [1.54, 1.807) is 5.43 Å². The molecule has 1 rings (SSSR count). The molecule has 74 valence electrons. The van der Waals surface area contributed by atoms with Crippen molar-refractivity contribution in [2.45, 2.75) is 12.8 Å². The Balaban J connectivity index is 2.43. The molecule has 0 unspecified atom stereocenters. The van der Waals surface area contributed by atoms with Crippen LogP contribution >= 0.6 is 0 Å². The van der Waals surface area contributed by atoms with E-state index >= 15 is 0 Å². The molecule has 0 atom stereocenters. The average Bonchev–Trinajstić information content (AvgIpc) is 2.08. The zero-order valence-electron chi connectivity index (χ0n) is 6.72. The van der Waals surface area contributed by atoms with Crippen LogP contribution in [0.5, 0.6) is 0 Å². The number of hydrazine groups is 1. The largest absolute Gasteiger partial charge is 0.336 e. The van der Waals surface area contributed by atoms with E-state index in [9.17, 15) is 18.4 Å². The Kier molecular flexibility index (Phi) is 2.99. The molecule has 0 radical (unpaired) electrons. The molecule has 0 saturated carbocycles. The maximum atomic E-state index is 11.7. The van der Waals surface area contributed by atoms with E-state index in [2.05, 4.69) is 5.32 Å². The highest BCUT2D eigenvalue weighted by atomic mass is 19.3. The van der Waals surface area contributed by atoms with Crippen molar-refractivity contribution in [2.24, 2.45) is 0 Å². The van der Waals surface area contributed by atoms with Gasteiger partial charge in [0.1, 0.15) is 0 Å². The second-order valence-corrected chi connectivity index (χ2v) is 2.51. The molecule has 1 fully saturated rings. The smallest absolute Gasteiger partial charge is 0.336 e. The molecule has 7 heteroatoms. The van der Waals surface area contributed by atoms with Crippen LogP contribution in [0.3, 0.4) is 0 Å². The third-order valence-corrected chi connectivity index (χ3v) is 1.52. The van der Waals surface area contributed by atoms with Crippen molar-refractivity contribution in [1.29, 1.82) is 0 Å².